The molecule has 0 radical (unpaired) electrons. The van der Waals surface area contributed by atoms with Crippen molar-refractivity contribution in [1.82, 2.24) is 4.90 Å². The van der Waals surface area contributed by atoms with E-state index in [0.29, 0.717) is 22.4 Å². The summed E-state index contributed by atoms with van der Waals surface area (Å²) >= 11 is 1.10. The third-order valence-electron chi connectivity index (χ3n) is 4.43. The van der Waals surface area contributed by atoms with E-state index in [1.165, 1.54) is 29.8 Å². The molecule has 1 N–H and O–H groups in total. The van der Waals surface area contributed by atoms with Gasteiger partial charge in [0.1, 0.15) is 10.9 Å². The molecule has 29 heavy (non-hydrogen) atoms. The van der Waals surface area contributed by atoms with Crippen LogP contribution >= 0.6 is 11.8 Å². The fourth-order valence-electron chi connectivity index (χ4n) is 2.87. The second kappa shape index (κ2) is 8.24. The molecule has 1 aromatic carbocycles. The van der Waals surface area contributed by atoms with Gasteiger partial charge in [0.2, 0.25) is 11.7 Å². The van der Waals surface area contributed by atoms with Gasteiger partial charge >= 0.3 is 11.9 Å². The molecule has 2 aliphatic heterocycles. The third kappa shape index (κ3) is 4.26. The fraction of sp³-hybridized carbons (Fsp3) is 0.368. The Bertz CT molecular complexity index is 986. The maximum absolute atomic E-state index is 13.3. The molecule has 0 saturated carbocycles. The van der Waals surface area contributed by atoms with Crippen LogP contribution in [0.1, 0.15) is 13.8 Å². The number of nitrogens with one attached hydrogen (secondary N) is 1. The molecule has 1 aromatic rings. The topological polar surface area (TPSA) is 94.2 Å². The quantitative estimate of drug-likeness (QED) is 0.759. The minimum absolute atomic E-state index is 0.0286. The standard InChI is InChI=1S/C19H20FN5O3S/c1-10(2)15-22-16-14(18(27)25(4)19(28)24(16)3)17(23-15)29-9-13(26)21-12-7-5-6-11(20)8-12/h5-8,10,14H,9H2,1-4H3/p+1. The zero-order valence-corrected chi connectivity index (χ0v) is 17.3. The SMILES string of the molecule is CC(C)C1=NC2=[N+](C)C(=O)N(C)C(=O)C2C(SCC(=O)Nc2cccc(F)c2)=N1. The Kier molecular flexibility index (Phi) is 5.92. The van der Waals surface area contributed by atoms with E-state index in [4.69, 9.17) is 0 Å². The van der Waals surface area contributed by atoms with E-state index in [0.717, 1.165) is 16.7 Å². The molecule has 4 amide bonds. The predicted octanol–water partition coefficient (Wildman–Crippen LogP) is 2.21. The first-order valence-electron chi connectivity index (χ1n) is 8.96. The van der Waals surface area contributed by atoms with Crippen LogP contribution in [0, 0.1) is 17.7 Å². The lowest BCUT2D eigenvalue weighted by Crippen LogP contribution is -2.55. The monoisotopic (exact) mass is 418 g/mol. The number of thioether (sulfide) groups is 1. The summed E-state index contributed by atoms with van der Waals surface area (Å²) in [6.45, 7) is 3.81. The Labute approximate surface area is 171 Å². The summed E-state index contributed by atoms with van der Waals surface area (Å²) in [5.41, 5.74) is 0.344. The maximum atomic E-state index is 13.3. The van der Waals surface area contributed by atoms with Crippen molar-refractivity contribution in [3.63, 3.8) is 0 Å². The molecule has 3 rings (SSSR count). The number of carbonyl (C=O) groups is 3. The zero-order valence-electron chi connectivity index (χ0n) is 16.5. The van der Waals surface area contributed by atoms with Crippen LogP contribution in [0.4, 0.5) is 14.9 Å². The fourth-order valence-corrected chi connectivity index (χ4v) is 3.75. The van der Waals surface area contributed by atoms with Crippen molar-refractivity contribution in [2.45, 2.75) is 13.8 Å². The molecule has 8 nitrogen and oxygen atoms in total. The predicted molar refractivity (Wildman–Crippen MR) is 110 cm³/mol. The van der Waals surface area contributed by atoms with Gasteiger partial charge in [-0.15, -0.1) is 0 Å². The second-order valence-electron chi connectivity index (χ2n) is 6.95. The number of fused-ring (bicyclic) bond motifs is 1. The molecular weight excluding hydrogens is 397 g/mol. The van der Waals surface area contributed by atoms with Crippen LogP contribution in [0.2, 0.25) is 0 Å². The molecule has 10 heteroatoms. The number of urea groups is 1. The van der Waals surface area contributed by atoms with Gasteiger partial charge in [-0.3, -0.25) is 9.59 Å². The van der Waals surface area contributed by atoms with E-state index in [2.05, 4.69) is 15.3 Å². The minimum atomic E-state index is -0.836. The number of nitrogens with zero attached hydrogens (tertiary/aromatic N) is 4. The largest absolute Gasteiger partial charge is 0.445 e. The first kappa shape index (κ1) is 20.8. The number of hydrogen-bond acceptors (Lipinski definition) is 6. The van der Waals surface area contributed by atoms with E-state index in [1.807, 2.05) is 13.8 Å². The zero-order chi connectivity index (χ0) is 21.3. The Morgan fingerprint density at radius 3 is 2.72 bits per heavy atom. The highest BCUT2D eigenvalue weighted by Gasteiger charge is 2.49. The number of hydrogen-bond donors (Lipinski definition) is 1. The lowest BCUT2D eigenvalue weighted by atomic mass is 10.0. The number of imide groups is 1. The van der Waals surface area contributed by atoms with Crippen molar-refractivity contribution in [3.05, 3.63) is 30.1 Å². The van der Waals surface area contributed by atoms with Gasteiger partial charge in [0, 0.05) is 11.6 Å². The van der Waals surface area contributed by atoms with Crippen LogP contribution in [0.5, 0.6) is 0 Å². The molecule has 1 unspecified atom stereocenters. The molecule has 2 aliphatic rings. The van der Waals surface area contributed by atoms with Gasteiger partial charge in [-0.25, -0.2) is 14.2 Å². The van der Waals surface area contributed by atoms with Gasteiger partial charge < -0.3 is 5.32 Å². The number of amidine groups is 2. The van der Waals surface area contributed by atoms with E-state index in [9.17, 15) is 18.8 Å². The van der Waals surface area contributed by atoms with Crippen LogP contribution in [-0.4, -0.2) is 63.9 Å². The van der Waals surface area contributed by atoms with Gasteiger partial charge in [0.05, 0.1) is 19.8 Å². The molecule has 0 aliphatic carbocycles. The molecule has 0 bridgehead atoms. The van der Waals surface area contributed by atoms with Crippen LogP contribution in [0.25, 0.3) is 0 Å². The van der Waals surface area contributed by atoms with Gasteiger partial charge in [0.15, 0.2) is 5.92 Å². The molecule has 2 heterocycles. The highest BCUT2D eigenvalue weighted by atomic mass is 32.2. The number of carbonyl (C=O) groups excluding carboxylic acids is 3. The number of anilines is 1. The average Bonchev–Trinajstić information content (AvgIpc) is 2.68. The first-order chi connectivity index (χ1) is 13.7. The Hall–Kier alpha value is -2.88. The van der Waals surface area contributed by atoms with Gasteiger partial charge in [-0.05, 0) is 18.2 Å². The average molecular weight is 418 g/mol. The molecule has 0 aromatic heterocycles. The van der Waals surface area contributed by atoms with E-state index in [-0.39, 0.29) is 17.6 Å². The normalized spacial score (nSPS) is 19.2. The van der Waals surface area contributed by atoms with Crippen LogP contribution in [0.3, 0.4) is 0 Å². The van der Waals surface area contributed by atoms with Crippen molar-refractivity contribution in [2.24, 2.45) is 21.8 Å². The molecule has 0 spiro atoms. The van der Waals surface area contributed by atoms with E-state index < -0.39 is 23.7 Å². The Morgan fingerprint density at radius 2 is 2.07 bits per heavy atom. The van der Waals surface area contributed by atoms with Crippen molar-refractivity contribution in [3.8, 4) is 0 Å². The number of halogens is 1. The molecule has 152 valence electrons. The lowest BCUT2D eigenvalue weighted by molar-refractivity contribution is -0.407. The van der Waals surface area contributed by atoms with Crippen molar-refractivity contribution >= 4 is 52.0 Å². The molecular formula is C19H21FN5O3S+. The maximum Gasteiger partial charge on any atom is 0.445 e. The number of amides is 4. The lowest BCUT2D eigenvalue weighted by Gasteiger charge is -2.26. The number of benzene rings is 1. The third-order valence-corrected chi connectivity index (χ3v) is 5.46. The highest BCUT2D eigenvalue weighted by molar-refractivity contribution is 8.14. The summed E-state index contributed by atoms with van der Waals surface area (Å²) in [5.74, 6) is -1.35. The Balaban J connectivity index is 1.83. The molecule has 0 fully saturated rings. The highest BCUT2D eigenvalue weighted by Crippen LogP contribution is 2.26. The van der Waals surface area contributed by atoms with Crippen molar-refractivity contribution in [2.75, 3.05) is 25.2 Å². The van der Waals surface area contributed by atoms with Gasteiger partial charge in [-0.1, -0.05) is 36.7 Å². The Morgan fingerprint density at radius 1 is 1.34 bits per heavy atom. The van der Waals surface area contributed by atoms with E-state index >= 15 is 0 Å². The van der Waals surface area contributed by atoms with Crippen LogP contribution in [0.15, 0.2) is 34.3 Å². The molecule has 1 atom stereocenters. The van der Waals surface area contributed by atoms with Crippen LogP contribution < -0.4 is 5.32 Å². The van der Waals surface area contributed by atoms with Crippen molar-refractivity contribution < 1.29 is 23.3 Å². The second-order valence-corrected chi connectivity index (χ2v) is 7.95. The summed E-state index contributed by atoms with van der Waals surface area (Å²) in [7, 11) is 2.96. The van der Waals surface area contributed by atoms with Gasteiger partial charge in [0.25, 0.3) is 5.84 Å². The smallest absolute Gasteiger partial charge is 0.325 e. The van der Waals surface area contributed by atoms with Crippen LogP contribution in [-0.2, 0) is 9.59 Å². The summed E-state index contributed by atoms with van der Waals surface area (Å²) in [6.07, 6.45) is 0. The minimum Gasteiger partial charge on any atom is -0.325 e. The number of rotatable bonds is 4. The van der Waals surface area contributed by atoms with Gasteiger partial charge in [-0.2, -0.15) is 9.48 Å². The summed E-state index contributed by atoms with van der Waals surface area (Å²) < 4.78 is 14.6. The summed E-state index contributed by atoms with van der Waals surface area (Å²) in [5, 5.41) is 3.02. The summed E-state index contributed by atoms with van der Waals surface area (Å²) in [4.78, 5) is 47.2. The summed E-state index contributed by atoms with van der Waals surface area (Å²) in [6, 6.07) is 5.12. The first-order valence-corrected chi connectivity index (χ1v) is 9.95. The van der Waals surface area contributed by atoms with E-state index in [1.54, 1.807) is 13.1 Å². The molecule has 0 saturated heterocycles. The number of aliphatic imine (C=N–C) groups is 2. The van der Waals surface area contributed by atoms with Crippen molar-refractivity contribution in [1.29, 1.82) is 0 Å².